The van der Waals surface area contributed by atoms with Crippen molar-refractivity contribution in [3.63, 3.8) is 0 Å². The molecule has 6 nitrogen and oxygen atoms in total. The monoisotopic (exact) mass is 291 g/mol. The van der Waals surface area contributed by atoms with Gasteiger partial charge in [0.05, 0.1) is 0 Å². The van der Waals surface area contributed by atoms with Crippen LogP contribution in [0.25, 0.3) is 0 Å². The SMILES string of the molecule is Cc1cccc(NC(=O)CC2C(=O)NC(=S)NC2=O)c1. The van der Waals surface area contributed by atoms with Gasteiger partial charge in [-0.3, -0.25) is 14.4 Å². The van der Waals surface area contributed by atoms with Crippen LogP contribution in [0.3, 0.4) is 0 Å². The zero-order valence-electron chi connectivity index (χ0n) is 10.7. The van der Waals surface area contributed by atoms with Crippen molar-refractivity contribution in [1.82, 2.24) is 10.6 Å². The second-order valence-electron chi connectivity index (χ2n) is 4.48. The predicted molar refractivity (Wildman–Crippen MR) is 76.8 cm³/mol. The van der Waals surface area contributed by atoms with Crippen LogP contribution < -0.4 is 16.0 Å². The Balaban J connectivity index is 1.99. The second-order valence-corrected chi connectivity index (χ2v) is 4.89. The third-order valence-electron chi connectivity index (χ3n) is 2.80. The van der Waals surface area contributed by atoms with Gasteiger partial charge in [-0.1, -0.05) is 12.1 Å². The van der Waals surface area contributed by atoms with Gasteiger partial charge in [-0.05, 0) is 36.8 Å². The smallest absolute Gasteiger partial charge is 0.239 e. The van der Waals surface area contributed by atoms with E-state index in [2.05, 4.69) is 28.2 Å². The predicted octanol–water partition coefficient (Wildman–Crippen LogP) is 0.471. The molecule has 7 heteroatoms. The van der Waals surface area contributed by atoms with Crippen molar-refractivity contribution < 1.29 is 14.4 Å². The van der Waals surface area contributed by atoms with E-state index in [-0.39, 0.29) is 11.5 Å². The summed E-state index contributed by atoms with van der Waals surface area (Å²) in [7, 11) is 0. The van der Waals surface area contributed by atoms with Gasteiger partial charge in [0.1, 0.15) is 5.92 Å². The van der Waals surface area contributed by atoms with Gasteiger partial charge >= 0.3 is 0 Å². The Morgan fingerprint density at radius 1 is 1.30 bits per heavy atom. The number of thiocarbonyl (C=S) groups is 1. The Kier molecular flexibility index (Phi) is 4.09. The third kappa shape index (κ3) is 3.39. The van der Waals surface area contributed by atoms with Crippen LogP contribution in [0.1, 0.15) is 12.0 Å². The summed E-state index contributed by atoms with van der Waals surface area (Å²) >= 11 is 4.68. The van der Waals surface area contributed by atoms with E-state index in [9.17, 15) is 14.4 Å². The molecule has 0 radical (unpaired) electrons. The lowest BCUT2D eigenvalue weighted by Crippen LogP contribution is -2.56. The number of nitrogens with one attached hydrogen (secondary N) is 3. The summed E-state index contributed by atoms with van der Waals surface area (Å²) in [5.41, 5.74) is 1.63. The molecular weight excluding hydrogens is 278 g/mol. The normalized spacial score (nSPS) is 15.6. The first-order valence-corrected chi connectivity index (χ1v) is 6.39. The van der Waals surface area contributed by atoms with Crippen molar-refractivity contribution >= 4 is 40.7 Å². The van der Waals surface area contributed by atoms with Crippen molar-refractivity contribution in [2.75, 3.05) is 5.32 Å². The fraction of sp³-hybridized carbons (Fsp3) is 0.231. The van der Waals surface area contributed by atoms with Gasteiger partial charge in [-0.25, -0.2) is 0 Å². The Morgan fingerprint density at radius 3 is 2.55 bits per heavy atom. The first-order valence-electron chi connectivity index (χ1n) is 5.98. The van der Waals surface area contributed by atoms with Crippen LogP contribution >= 0.6 is 12.2 Å². The molecule has 0 aliphatic carbocycles. The zero-order chi connectivity index (χ0) is 14.7. The molecule has 1 aromatic carbocycles. The number of hydrogen-bond donors (Lipinski definition) is 3. The first kappa shape index (κ1) is 14.1. The number of benzene rings is 1. The van der Waals surface area contributed by atoms with E-state index < -0.39 is 23.6 Å². The molecule has 104 valence electrons. The summed E-state index contributed by atoms with van der Waals surface area (Å²) in [5.74, 6) is -2.58. The fourth-order valence-corrected chi connectivity index (χ4v) is 2.06. The van der Waals surface area contributed by atoms with Gasteiger partial charge in [0.2, 0.25) is 17.7 Å². The van der Waals surface area contributed by atoms with Gasteiger partial charge in [-0.15, -0.1) is 0 Å². The zero-order valence-corrected chi connectivity index (χ0v) is 11.5. The molecule has 1 heterocycles. The van der Waals surface area contributed by atoms with Crippen molar-refractivity contribution in [1.29, 1.82) is 0 Å². The van der Waals surface area contributed by atoms with Gasteiger partial charge in [0.15, 0.2) is 5.11 Å². The quantitative estimate of drug-likeness (QED) is 0.558. The molecule has 0 spiro atoms. The molecule has 0 aromatic heterocycles. The molecule has 0 bridgehead atoms. The van der Waals surface area contributed by atoms with Crippen LogP contribution in [0.2, 0.25) is 0 Å². The van der Waals surface area contributed by atoms with Crippen LogP contribution in [0, 0.1) is 12.8 Å². The maximum Gasteiger partial charge on any atom is 0.239 e. The fourth-order valence-electron chi connectivity index (χ4n) is 1.85. The number of rotatable bonds is 3. The summed E-state index contributed by atoms with van der Waals surface area (Å²) in [6.45, 7) is 1.90. The van der Waals surface area contributed by atoms with Gasteiger partial charge in [0.25, 0.3) is 0 Å². The molecule has 1 aliphatic heterocycles. The molecule has 1 fully saturated rings. The molecule has 2 rings (SSSR count). The minimum absolute atomic E-state index is 0.0321. The van der Waals surface area contributed by atoms with Gasteiger partial charge in [0, 0.05) is 12.1 Å². The highest BCUT2D eigenvalue weighted by molar-refractivity contribution is 7.80. The average molecular weight is 291 g/mol. The lowest BCUT2D eigenvalue weighted by Gasteiger charge is -2.21. The lowest BCUT2D eigenvalue weighted by atomic mass is 10.0. The minimum atomic E-state index is -1.06. The van der Waals surface area contributed by atoms with E-state index in [1.807, 2.05) is 19.1 Å². The summed E-state index contributed by atoms with van der Waals surface area (Å²) in [6, 6.07) is 7.25. The van der Waals surface area contributed by atoms with Crippen LogP contribution in [-0.4, -0.2) is 22.8 Å². The van der Waals surface area contributed by atoms with E-state index >= 15 is 0 Å². The molecule has 1 aromatic rings. The summed E-state index contributed by atoms with van der Waals surface area (Å²) in [6.07, 6.45) is -0.228. The van der Waals surface area contributed by atoms with E-state index in [4.69, 9.17) is 0 Å². The standard InChI is InChI=1S/C13H13N3O3S/c1-7-3-2-4-8(5-7)14-10(17)6-9-11(18)15-13(20)16-12(9)19/h2-5,9H,6H2,1H3,(H,14,17)(H2,15,16,18,19,20). The molecular formula is C13H13N3O3S. The van der Waals surface area contributed by atoms with E-state index in [1.165, 1.54) is 0 Å². The molecule has 20 heavy (non-hydrogen) atoms. The highest BCUT2D eigenvalue weighted by atomic mass is 32.1. The van der Waals surface area contributed by atoms with Gasteiger partial charge in [-0.2, -0.15) is 0 Å². The van der Waals surface area contributed by atoms with Crippen molar-refractivity contribution in [3.05, 3.63) is 29.8 Å². The average Bonchev–Trinajstić information content (AvgIpc) is 2.33. The van der Waals surface area contributed by atoms with E-state index in [0.29, 0.717) is 5.69 Å². The number of carbonyl (C=O) groups excluding carboxylic acids is 3. The van der Waals surface area contributed by atoms with E-state index in [0.717, 1.165) is 5.56 Å². The topological polar surface area (TPSA) is 87.3 Å². The third-order valence-corrected chi connectivity index (χ3v) is 3.00. The number of amides is 3. The first-order chi connectivity index (χ1) is 9.45. The van der Waals surface area contributed by atoms with Crippen LogP contribution in [0.5, 0.6) is 0 Å². The molecule has 3 amide bonds. The number of aryl methyl sites for hydroxylation is 1. The molecule has 0 saturated carbocycles. The Labute approximate surface area is 120 Å². The minimum Gasteiger partial charge on any atom is -0.326 e. The van der Waals surface area contributed by atoms with Crippen LogP contribution in [0.4, 0.5) is 5.69 Å². The Hall–Kier alpha value is -2.28. The second kappa shape index (κ2) is 5.79. The van der Waals surface area contributed by atoms with Crippen molar-refractivity contribution in [2.24, 2.45) is 5.92 Å². The summed E-state index contributed by atoms with van der Waals surface area (Å²) < 4.78 is 0. The number of anilines is 1. The maximum absolute atomic E-state index is 11.9. The van der Waals surface area contributed by atoms with Crippen LogP contribution in [0.15, 0.2) is 24.3 Å². The van der Waals surface area contributed by atoms with Crippen LogP contribution in [-0.2, 0) is 14.4 Å². The Bertz CT molecular complexity index is 580. The summed E-state index contributed by atoms with van der Waals surface area (Å²) in [5, 5.41) is 7.26. The number of carbonyl (C=O) groups is 3. The molecule has 3 N–H and O–H groups in total. The highest BCUT2D eigenvalue weighted by Gasteiger charge is 2.34. The molecule has 0 atom stereocenters. The molecule has 0 unspecified atom stereocenters. The molecule has 1 aliphatic rings. The Morgan fingerprint density at radius 2 is 1.95 bits per heavy atom. The van der Waals surface area contributed by atoms with Crippen molar-refractivity contribution in [3.8, 4) is 0 Å². The van der Waals surface area contributed by atoms with E-state index in [1.54, 1.807) is 12.1 Å². The summed E-state index contributed by atoms with van der Waals surface area (Å²) in [4.78, 5) is 35.1. The largest absolute Gasteiger partial charge is 0.326 e. The van der Waals surface area contributed by atoms with Crippen molar-refractivity contribution in [2.45, 2.75) is 13.3 Å². The van der Waals surface area contributed by atoms with Gasteiger partial charge < -0.3 is 16.0 Å². The maximum atomic E-state index is 11.9. The highest BCUT2D eigenvalue weighted by Crippen LogP contribution is 2.13. The lowest BCUT2D eigenvalue weighted by molar-refractivity contribution is -0.137. The number of hydrogen-bond acceptors (Lipinski definition) is 4. The molecule has 1 saturated heterocycles.